The molecule has 0 unspecified atom stereocenters. The molecule has 0 aliphatic rings. The number of benzene rings is 2. The third-order valence-corrected chi connectivity index (χ3v) is 4.64. The zero-order valence-corrected chi connectivity index (χ0v) is 15.4. The Labute approximate surface area is 164 Å². The largest absolute Gasteiger partial charge is 0.433 e. The van der Waals surface area contributed by atoms with Gasteiger partial charge in [-0.05, 0) is 29.8 Å². The van der Waals surface area contributed by atoms with Gasteiger partial charge in [0, 0.05) is 12.4 Å². The number of anilines is 1. The van der Waals surface area contributed by atoms with Crippen LogP contribution in [0.1, 0.15) is 5.69 Å². The van der Waals surface area contributed by atoms with Crippen LogP contribution >= 0.6 is 0 Å². The van der Waals surface area contributed by atoms with E-state index in [0.29, 0.717) is 27.9 Å². The molecular formula is C22H16F3N3O. The van der Waals surface area contributed by atoms with E-state index >= 15 is 0 Å². The minimum absolute atomic E-state index is 0.0555. The number of hydrogen-bond acceptors (Lipinski definition) is 3. The lowest BCUT2D eigenvalue weighted by Gasteiger charge is -2.18. The number of fused-ring (bicyclic) bond motifs is 1. The summed E-state index contributed by atoms with van der Waals surface area (Å²) in [5.41, 5.74) is 0.341. The fourth-order valence-corrected chi connectivity index (χ4v) is 3.37. The first-order valence-corrected chi connectivity index (χ1v) is 8.87. The number of hydrogen-bond donors (Lipinski definition) is 1. The van der Waals surface area contributed by atoms with E-state index in [1.54, 1.807) is 61.6 Å². The van der Waals surface area contributed by atoms with E-state index < -0.39 is 17.4 Å². The van der Waals surface area contributed by atoms with Gasteiger partial charge in [-0.15, -0.1) is 0 Å². The molecule has 4 rings (SSSR count). The maximum Gasteiger partial charge on any atom is 0.433 e. The van der Waals surface area contributed by atoms with Gasteiger partial charge >= 0.3 is 6.18 Å². The fraction of sp³-hybridized carbons (Fsp3) is 0.0909. The molecule has 2 aromatic heterocycles. The quantitative estimate of drug-likeness (QED) is 0.524. The van der Waals surface area contributed by atoms with Gasteiger partial charge in [-0.1, -0.05) is 48.5 Å². The molecule has 0 fully saturated rings. The highest BCUT2D eigenvalue weighted by Gasteiger charge is 2.33. The molecule has 0 amide bonds. The number of aromatic nitrogens is 2. The Kier molecular flexibility index (Phi) is 4.58. The molecule has 7 heteroatoms. The molecule has 146 valence electrons. The summed E-state index contributed by atoms with van der Waals surface area (Å²) in [6.07, 6.45) is -4.62. The van der Waals surface area contributed by atoms with E-state index in [4.69, 9.17) is 0 Å². The summed E-state index contributed by atoms with van der Waals surface area (Å²) in [6, 6.07) is 19.8. The predicted octanol–water partition coefficient (Wildman–Crippen LogP) is 5.11. The summed E-state index contributed by atoms with van der Waals surface area (Å²) in [7, 11) is 1.63. The molecule has 0 spiro atoms. The number of nitrogens with zero attached hydrogens (tertiary/aromatic N) is 2. The summed E-state index contributed by atoms with van der Waals surface area (Å²) in [5, 5.41) is 3.40. The molecule has 2 heterocycles. The first-order valence-electron chi connectivity index (χ1n) is 8.87. The molecule has 29 heavy (non-hydrogen) atoms. The highest BCUT2D eigenvalue weighted by molar-refractivity contribution is 5.98. The number of rotatable bonds is 3. The van der Waals surface area contributed by atoms with E-state index in [-0.39, 0.29) is 5.65 Å². The summed E-state index contributed by atoms with van der Waals surface area (Å²) in [6.45, 7) is 0. The zero-order valence-electron chi connectivity index (χ0n) is 15.4. The van der Waals surface area contributed by atoms with Crippen molar-refractivity contribution in [2.45, 2.75) is 6.18 Å². The molecule has 4 aromatic rings. The highest BCUT2D eigenvalue weighted by atomic mass is 19.4. The van der Waals surface area contributed by atoms with Crippen LogP contribution in [0.5, 0.6) is 0 Å². The second-order valence-electron chi connectivity index (χ2n) is 6.41. The van der Waals surface area contributed by atoms with Gasteiger partial charge in [0.25, 0.3) is 5.56 Å². The molecule has 0 atom stereocenters. The van der Waals surface area contributed by atoms with Crippen LogP contribution in [0, 0.1) is 0 Å². The summed E-state index contributed by atoms with van der Waals surface area (Å²) in [4.78, 5) is 17.4. The predicted molar refractivity (Wildman–Crippen MR) is 107 cm³/mol. The molecule has 0 aliphatic heterocycles. The van der Waals surface area contributed by atoms with Crippen LogP contribution in [0.3, 0.4) is 0 Å². The van der Waals surface area contributed by atoms with Gasteiger partial charge in [0.05, 0.1) is 16.9 Å². The minimum Gasteiger partial charge on any atom is -0.387 e. The Bertz CT molecular complexity index is 1230. The van der Waals surface area contributed by atoms with Gasteiger partial charge in [-0.25, -0.2) is 4.98 Å². The van der Waals surface area contributed by atoms with E-state index in [1.165, 1.54) is 10.6 Å². The minimum atomic E-state index is -4.62. The van der Waals surface area contributed by atoms with E-state index in [2.05, 4.69) is 10.3 Å². The van der Waals surface area contributed by atoms with Gasteiger partial charge < -0.3 is 5.32 Å². The molecule has 0 saturated carbocycles. The first kappa shape index (κ1) is 18.7. The van der Waals surface area contributed by atoms with Gasteiger partial charge in [0.15, 0.2) is 0 Å². The molecule has 4 nitrogen and oxygen atoms in total. The lowest BCUT2D eigenvalue weighted by Crippen LogP contribution is -2.24. The molecule has 0 aliphatic carbocycles. The molecular weight excluding hydrogens is 379 g/mol. The standard InChI is InChI=1S/C22H16F3N3O/c1-26-19-16-12-13-17(22(23,24)25)27-20(16)28(15-10-6-3-7-11-15)21(29)18(19)14-8-4-2-5-9-14/h2-13,26H,1H3. The summed E-state index contributed by atoms with van der Waals surface area (Å²) in [5.74, 6) is 0. The summed E-state index contributed by atoms with van der Waals surface area (Å²) >= 11 is 0. The van der Waals surface area contributed by atoms with E-state index in [1.807, 2.05) is 6.07 Å². The number of pyridine rings is 2. The van der Waals surface area contributed by atoms with E-state index in [9.17, 15) is 18.0 Å². The Hall–Kier alpha value is -3.61. The fourth-order valence-electron chi connectivity index (χ4n) is 3.37. The zero-order chi connectivity index (χ0) is 20.6. The second kappa shape index (κ2) is 7.09. The van der Waals surface area contributed by atoms with Crippen LogP contribution in [-0.4, -0.2) is 16.6 Å². The number of para-hydroxylation sites is 1. The molecule has 0 saturated heterocycles. The van der Waals surface area contributed by atoms with Crippen LogP contribution < -0.4 is 10.9 Å². The Morgan fingerprint density at radius 3 is 2.10 bits per heavy atom. The third-order valence-electron chi connectivity index (χ3n) is 4.64. The number of halogens is 3. The summed E-state index contributed by atoms with van der Waals surface area (Å²) < 4.78 is 41.2. The van der Waals surface area contributed by atoms with Crippen LogP contribution in [0.2, 0.25) is 0 Å². The molecule has 2 aromatic carbocycles. The molecule has 1 N–H and O–H groups in total. The smallest absolute Gasteiger partial charge is 0.387 e. The topological polar surface area (TPSA) is 46.9 Å². The van der Waals surface area contributed by atoms with Crippen molar-refractivity contribution in [2.75, 3.05) is 12.4 Å². The Balaban J connectivity index is 2.20. The van der Waals surface area contributed by atoms with Crippen molar-refractivity contribution in [3.63, 3.8) is 0 Å². The normalized spacial score (nSPS) is 11.6. The maximum atomic E-state index is 13.5. The number of nitrogens with one attached hydrogen (secondary N) is 1. The van der Waals surface area contributed by atoms with Crippen LogP contribution in [0.15, 0.2) is 77.6 Å². The highest BCUT2D eigenvalue weighted by Crippen LogP contribution is 2.35. The monoisotopic (exact) mass is 395 g/mol. The second-order valence-corrected chi connectivity index (χ2v) is 6.41. The first-order chi connectivity index (χ1) is 13.9. The van der Waals surface area contributed by atoms with Crippen LogP contribution in [-0.2, 0) is 6.18 Å². The van der Waals surface area contributed by atoms with Crippen molar-refractivity contribution in [2.24, 2.45) is 0 Å². The van der Waals surface area contributed by atoms with E-state index in [0.717, 1.165) is 6.07 Å². The Morgan fingerprint density at radius 2 is 1.52 bits per heavy atom. The van der Waals surface area contributed by atoms with Gasteiger partial charge in [0.1, 0.15) is 11.3 Å². The van der Waals surface area contributed by atoms with Gasteiger partial charge in [0.2, 0.25) is 0 Å². The Morgan fingerprint density at radius 1 is 0.897 bits per heavy atom. The average Bonchev–Trinajstić information content (AvgIpc) is 2.73. The van der Waals surface area contributed by atoms with Crippen molar-refractivity contribution in [1.82, 2.24) is 9.55 Å². The molecule has 0 bridgehead atoms. The number of alkyl halides is 3. The van der Waals surface area contributed by atoms with Crippen LogP contribution in [0.4, 0.5) is 18.9 Å². The van der Waals surface area contributed by atoms with Gasteiger partial charge in [-0.2, -0.15) is 13.2 Å². The average molecular weight is 395 g/mol. The SMILES string of the molecule is CNc1c(-c2ccccc2)c(=O)n(-c2ccccc2)c2nc(C(F)(F)F)ccc12. The van der Waals surface area contributed by atoms with Crippen molar-refractivity contribution in [1.29, 1.82) is 0 Å². The maximum absolute atomic E-state index is 13.5. The van der Waals surface area contributed by atoms with Gasteiger partial charge in [-0.3, -0.25) is 9.36 Å². The van der Waals surface area contributed by atoms with Crippen molar-refractivity contribution < 1.29 is 13.2 Å². The van der Waals surface area contributed by atoms with Crippen molar-refractivity contribution in [3.8, 4) is 16.8 Å². The lowest BCUT2D eigenvalue weighted by molar-refractivity contribution is -0.141. The lowest BCUT2D eigenvalue weighted by atomic mass is 10.0. The van der Waals surface area contributed by atoms with Crippen molar-refractivity contribution in [3.05, 3.63) is 88.8 Å². The van der Waals surface area contributed by atoms with Crippen LogP contribution in [0.25, 0.3) is 27.8 Å². The molecule has 0 radical (unpaired) electrons. The third kappa shape index (κ3) is 3.24. The van der Waals surface area contributed by atoms with Crippen molar-refractivity contribution >= 4 is 16.7 Å².